The topological polar surface area (TPSA) is 61.8 Å². The lowest BCUT2D eigenvalue weighted by Crippen LogP contribution is -2.17. The van der Waals surface area contributed by atoms with Gasteiger partial charge < -0.3 is 14.2 Å². The van der Waals surface area contributed by atoms with E-state index in [2.05, 4.69) is 0 Å². The normalized spacial score (nSPS) is 13.8. The van der Waals surface area contributed by atoms with E-state index in [-0.39, 0.29) is 18.0 Å². The number of ether oxygens (including phenoxy) is 3. The molecule has 1 aliphatic heterocycles. The number of ketones is 1. The van der Waals surface area contributed by atoms with E-state index < -0.39 is 5.97 Å². The number of esters is 1. The number of benzene rings is 1. The molecule has 1 aliphatic rings. The molecule has 0 saturated heterocycles. The molecular formula is C15H16O5. The van der Waals surface area contributed by atoms with Crippen LogP contribution in [0.25, 0.3) is 6.08 Å². The first-order chi connectivity index (χ1) is 9.63. The minimum absolute atomic E-state index is 0.00516. The van der Waals surface area contributed by atoms with Gasteiger partial charge in [0.2, 0.25) is 0 Å². The van der Waals surface area contributed by atoms with E-state index >= 15 is 0 Å². The highest BCUT2D eigenvalue weighted by atomic mass is 16.6. The Labute approximate surface area is 117 Å². The highest BCUT2D eigenvalue weighted by Gasteiger charge is 2.19. The second-order valence-corrected chi connectivity index (χ2v) is 4.21. The molecule has 0 spiro atoms. The van der Waals surface area contributed by atoms with Crippen LogP contribution in [0.2, 0.25) is 0 Å². The number of para-hydroxylation sites is 1. The molecule has 0 bridgehead atoms. The fraction of sp³-hybridized carbons (Fsp3) is 0.333. The molecule has 20 heavy (non-hydrogen) atoms. The fourth-order valence-electron chi connectivity index (χ4n) is 1.88. The molecule has 1 aromatic carbocycles. The predicted octanol–water partition coefficient (Wildman–Crippen LogP) is 1.99. The van der Waals surface area contributed by atoms with Crippen LogP contribution in [0.15, 0.2) is 23.8 Å². The Hall–Kier alpha value is -2.30. The van der Waals surface area contributed by atoms with Crippen molar-refractivity contribution in [1.29, 1.82) is 0 Å². The summed E-state index contributed by atoms with van der Waals surface area (Å²) < 4.78 is 15.9. The molecule has 0 aliphatic carbocycles. The summed E-state index contributed by atoms with van der Waals surface area (Å²) >= 11 is 0. The Balaban J connectivity index is 2.41. The number of Topliss-reactive ketones (excluding diaryl/α,β-unsaturated/α-hetero) is 1. The summed E-state index contributed by atoms with van der Waals surface area (Å²) in [5.41, 5.74) is 0.620. The third-order valence-electron chi connectivity index (χ3n) is 2.77. The number of carbonyl (C=O) groups excluding carboxylic acids is 2. The smallest absolute Gasteiger partial charge is 0.341 e. The highest BCUT2D eigenvalue weighted by molar-refractivity contribution is 6.19. The van der Waals surface area contributed by atoms with Crippen LogP contribution < -0.4 is 9.47 Å². The van der Waals surface area contributed by atoms with Gasteiger partial charge in [-0.05, 0) is 26.0 Å². The highest BCUT2D eigenvalue weighted by Crippen LogP contribution is 2.34. The lowest BCUT2D eigenvalue weighted by atomic mass is 10.1. The van der Waals surface area contributed by atoms with Crippen LogP contribution in [0.1, 0.15) is 19.4 Å². The molecule has 0 aromatic heterocycles. The van der Waals surface area contributed by atoms with Gasteiger partial charge in [0.15, 0.2) is 17.3 Å². The zero-order chi connectivity index (χ0) is 14.5. The first-order valence-corrected chi connectivity index (χ1v) is 6.42. The van der Waals surface area contributed by atoms with Crippen molar-refractivity contribution in [2.45, 2.75) is 13.8 Å². The van der Waals surface area contributed by atoms with Crippen LogP contribution in [-0.2, 0) is 14.3 Å². The van der Waals surface area contributed by atoms with Crippen molar-refractivity contribution in [1.82, 2.24) is 0 Å². The zero-order valence-corrected chi connectivity index (χ0v) is 11.5. The average molecular weight is 276 g/mol. The first-order valence-electron chi connectivity index (χ1n) is 6.42. The molecule has 1 aromatic rings. The van der Waals surface area contributed by atoms with Gasteiger partial charge in [-0.3, -0.25) is 4.79 Å². The van der Waals surface area contributed by atoms with Crippen LogP contribution in [-0.4, -0.2) is 31.6 Å². The summed E-state index contributed by atoms with van der Waals surface area (Å²) in [5.74, 6) is 0.172. The van der Waals surface area contributed by atoms with Crippen molar-refractivity contribution in [2.24, 2.45) is 0 Å². The second-order valence-electron chi connectivity index (χ2n) is 4.21. The Bertz CT molecular complexity index is 559. The van der Waals surface area contributed by atoms with Crippen molar-refractivity contribution in [2.75, 3.05) is 19.8 Å². The van der Waals surface area contributed by atoms with Gasteiger partial charge in [0.25, 0.3) is 0 Å². The molecule has 5 nitrogen and oxygen atoms in total. The maximum absolute atomic E-state index is 11.8. The van der Waals surface area contributed by atoms with Crippen LogP contribution in [0.3, 0.4) is 0 Å². The number of carbonyl (C=O) groups is 2. The molecule has 0 atom stereocenters. The molecule has 0 N–H and O–H groups in total. The van der Waals surface area contributed by atoms with Gasteiger partial charge in [-0.2, -0.15) is 0 Å². The maximum Gasteiger partial charge on any atom is 0.341 e. The van der Waals surface area contributed by atoms with Gasteiger partial charge in [-0.25, -0.2) is 4.79 Å². The lowest BCUT2D eigenvalue weighted by Gasteiger charge is -2.20. The molecular weight excluding hydrogens is 260 g/mol. The monoisotopic (exact) mass is 276 g/mol. The van der Waals surface area contributed by atoms with Gasteiger partial charge in [-0.1, -0.05) is 12.1 Å². The minimum atomic E-state index is -0.630. The van der Waals surface area contributed by atoms with Gasteiger partial charge in [0.1, 0.15) is 18.8 Å². The summed E-state index contributed by atoms with van der Waals surface area (Å²) in [4.78, 5) is 23.4. The lowest BCUT2D eigenvalue weighted by molar-refractivity contribution is -0.139. The molecule has 2 rings (SSSR count). The van der Waals surface area contributed by atoms with Crippen molar-refractivity contribution in [3.05, 3.63) is 29.3 Å². The number of hydrogen-bond acceptors (Lipinski definition) is 5. The second kappa shape index (κ2) is 6.23. The van der Waals surface area contributed by atoms with E-state index in [0.717, 1.165) is 0 Å². The summed E-state index contributed by atoms with van der Waals surface area (Å²) in [6.45, 7) is 4.16. The number of hydrogen-bond donors (Lipinski definition) is 0. The van der Waals surface area contributed by atoms with Gasteiger partial charge in [0, 0.05) is 5.56 Å². The van der Waals surface area contributed by atoms with Gasteiger partial charge in [-0.15, -0.1) is 0 Å². The number of fused-ring (bicyclic) bond motifs is 1. The van der Waals surface area contributed by atoms with Crippen molar-refractivity contribution in [3.8, 4) is 11.5 Å². The third-order valence-corrected chi connectivity index (χ3v) is 2.77. The van der Waals surface area contributed by atoms with Gasteiger partial charge in [0.05, 0.1) is 6.61 Å². The van der Waals surface area contributed by atoms with Crippen molar-refractivity contribution in [3.63, 3.8) is 0 Å². The quantitative estimate of drug-likeness (QED) is 0.364. The summed E-state index contributed by atoms with van der Waals surface area (Å²) in [5, 5.41) is 0. The van der Waals surface area contributed by atoms with E-state index in [9.17, 15) is 9.59 Å². The van der Waals surface area contributed by atoms with Gasteiger partial charge >= 0.3 is 5.97 Å². The molecule has 0 saturated carbocycles. The predicted molar refractivity (Wildman–Crippen MR) is 72.7 cm³/mol. The molecule has 0 radical (unpaired) electrons. The largest absolute Gasteiger partial charge is 0.486 e. The van der Waals surface area contributed by atoms with Crippen LogP contribution in [0.5, 0.6) is 11.5 Å². The van der Waals surface area contributed by atoms with Crippen LogP contribution >= 0.6 is 0 Å². The Morgan fingerprint density at radius 3 is 2.75 bits per heavy atom. The maximum atomic E-state index is 11.8. The first kappa shape index (κ1) is 14.1. The van der Waals surface area contributed by atoms with E-state index in [1.807, 2.05) is 0 Å². The fourth-order valence-corrected chi connectivity index (χ4v) is 1.88. The van der Waals surface area contributed by atoms with E-state index in [1.165, 1.54) is 13.0 Å². The standard InChI is InChI=1S/C15H16O5/c1-3-18-15(17)12(10(2)16)9-11-5-4-6-13-14(11)20-8-7-19-13/h4-6,9H,3,7-8H2,1-2H3. The molecule has 0 fully saturated rings. The minimum Gasteiger partial charge on any atom is -0.486 e. The average Bonchev–Trinajstić information content (AvgIpc) is 2.44. The molecule has 106 valence electrons. The Morgan fingerprint density at radius 2 is 2.05 bits per heavy atom. The number of rotatable bonds is 4. The van der Waals surface area contributed by atoms with Crippen LogP contribution in [0.4, 0.5) is 0 Å². The summed E-state index contributed by atoms with van der Waals surface area (Å²) in [6, 6.07) is 5.32. The Kier molecular flexibility index (Phi) is 4.40. The van der Waals surface area contributed by atoms with Crippen molar-refractivity contribution >= 4 is 17.8 Å². The van der Waals surface area contributed by atoms with Crippen molar-refractivity contribution < 1.29 is 23.8 Å². The summed E-state index contributed by atoms with van der Waals surface area (Å²) in [6.07, 6.45) is 1.48. The SMILES string of the molecule is CCOC(=O)C(=Cc1cccc2c1OCCO2)C(C)=O. The third kappa shape index (κ3) is 2.99. The van der Waals surface area contributed by atoms with E-state index in [0.29, 0.717) is 30.3 Å². The molecule has 5 heteroatoms. The molecule has 0 unspecified atom stereocenters. The van der Waals surface area contributed by atoms with E-state index in [4.69, 9.17) is 14.2 Å². The zero-order valence-electron chi connectivity index (χ0n) is 11.5. The summed E-state index contributed by atoms with van der Waals surface area (Å²) in [7, 11) is 0. The Morgan fingerprint density at radius 1 is 1.30 bits per heavy atom. The van der Waals surface area contributed by atoms with Crippen LogP contribution in [0, 0.1) is 0 Å². The molecule has 1 heterocycles. The van der Waals surface area contributed by atoms with E-state index in [1.54, 1.807) is 25.1 Å². The molecule has 0 amide bonds.